The Balaban J connectivity index is 1.74. The van der Waals surface area contributed by atoms with E-state index in [-0.39, 0.29) is 11.8 Å². The summed E-state index contributed by atoms with van der Waals surface area (Å²) in [5, 5.41) is 4.44. The average molecular weight is 350 g/mol. The summed E-state index contributed by atoms with van der Waals surface area (Å²) < 4.78 is 6.76. The number of nitrogens with one attached hydrogen (secondary N) is 1. The minimum absolute atomic E-state index is 0.250. The molecule has 1 aliphatic carbocycles. The first-order chi connectivity index (χ1) is 12.1. The number of ether oxygens (including phenoxy) is 1. The van der Waals surface area contributed by atoms with Crippen molar-refractivity contribution in [2.24, 2.45) is 5.92 Å². The largest absolute Gasteiger partial charge is 0.467 e. The highest BCUT2D eigenvalue weighted by molar-refractivity contribution is 7.80. The normalized spacial score (nSPS) is 29.5. The fourth-order valence-corrected chi connectivity index (χ4v) is 5.47. The van der Waals surface area contributed by atoms with Crippen LogP contribution >= 0.6 is 12.2 Å². The summed E-state index contributed by atoms with van der Waals surface area (Å²) >= 11 is 5.87. The third kappa shape index (κ3) is 1.94. The van der Waals surface area contributed by atoms with Crippen LogP contribution in [0.15, 0.2) is 42.5 Å². The van der Waals surface area contributed by atoms with Gasteiger partial charge < -0.3 is 10.1 Å². The summed E-state index contributed by atoms with van der Waals surface area (Å²) in [4.78, 5) is 2.29. The van der Waals surface area contributed by atoms with Crippen LogP contribution in [0.2, 0.25) is 0 Å². The second-order valence-electron chi connectivity index (χ2n) is 7.49. The van der Waals surface area contributed by atoms with Crippen molar-refractivity contribution >= 4 is 23.0 Å². The molecule has 2 aliphatic heterocycles. The van der Waals surface area contributed by atoms with E-state index in [4.69, 9.17) is 17.0 Å². The van der Waals surface area contributed by atoms with Gasteiger partial charge in [0, 0.05) is 17.9 Å². The smallest absolute Gasteiger partial charge is 0.194 e. The molecular weight excluding hydrogens is 328 g/mol. The second-order valence-corrected chi connectivity index (χ2v) is 7.87. The van der Waals surface area contributed by atoms with E-state index < -0.39 is 0 Å². The fraction of sp³-hybridized carbons (Fsp3) is 0.381. The third-order valence-electron chi connectivity index (χ3n) is 6.10. The first kappa shape index (κ1) is 15.2. The predicted octanol–water partition coefficient (Wildman–Crippen LogP) is 4.63. The van der Waals surface area contributed by atoms with Crippen LogP contribution in [-0.4, -0.2) is 10.8 Å². The number of benzene rings is 2. The lowest BCUT2D eigenvalue weighted by Gasteiger charge is -2.56. The molecule has 0 unspecified atom stereocenters. The van der Waals surface area contributed by atoms with Gasteiger partial charge in [0.15, 0.2) is 10.8 Å². The minimum Gasteiger partial charge on any atom is -0.467 e. The van der Waals surface area contributed by atoms with E-state index in [0.29, 0.717) is 5.92 Å². The third-order valence-corrected chi connectivity index (χ3v) is 6.40. The van der Waals surface area contributed by atoms with Crippen molar-refractivity contribution in [3.8, 4) is 5.75 Å². The van der Waals surface area contributed by atoms with E-state index in [9.17, 15) is 0 Å². The van der Waals surface area contributed by atoms with Gasteiger partial charge >= 0.3 is 0 Å². The van der Waals surface area contributed by atoms with E-state index in [1.807, 2.05) is 0 Å². The number of aryl methyl sites for hydroxylation is 2. The summed E-state index contributed by atoms with van der Waals surface area (Å²) in [6.45, 7) is 4.32. The maximum atomic E-state index is 6.76. The van der Waals surface area contributed by atoms with Crippen molar-refractivity contribution in [3.05, 3.63) is 59.2 Å². The molecule has 2 fully saturated rings. The summed E-state index contributed by atoms with van der Waals surface area (Å²) in [6, 6.07) is 15.1. The van der Waals surface area contributed by atoms with Crippen molar-refractivity contribution in [2.45, 2.75) is 44.9 Å². The molecule has 0 spiro atoms. The maximum absolute atomic E-state index is 6.76. The molecule has 0 amide bonds. The van der Waals surface area contributed by atoms with Crippen molar-refractivity contribution in [1.29, 1.82) is 0 Å². The lowest BCUT2D eigenvalue weighted by atomic mass is 9.80. The average Bonchev–Trinajstić information content (AvgIpc) is 3.02. The van der Waals surface area contributed by atoms with Crippen LogP contribution < -0.4 is 15.0 Å². The zero-order valence-corrected chi connectivity index (χ0v) is 15.4. The molecule has 1 saturated heterocycles. The number of para-hydroxylation sites is 2. The molecule has 3 aliphatic rings. The highest BCUT2D eigenvalue weighted by Gasteiger charge is 2.60. The molecule has 1 saturated carbocycles. The van der Waals surface area contributed by atoms with Gasteiger partial charge in [-0.15, -0.1) is 0 Å². The van der Waals surface area contributed by atoms with Gasteiger partial charge in [0.05, 0.1) is 11.7 Å². The summed E-state index contributed by atoms with van der Waals surface area (Å²) in [7, 11) is 0. The van der Waals surface area contributed by atoms with E-state index in [2.05, 4.69) is 66.5 Å². The van der Waals surface area contributed by atoms with Crippen LogP contribution in [0, 0.1) is 19.8 Å². The molecule has 2 aromatic carbocycles. The predicted molar refractivity (Wildman–Crippen MR) is 104 cm³/mol. The quantitative estimate of drug-likeness (QED) is 0.758. The Kier molecular flexibility index (Phi) is 3.17. The molecule has 0 radical (unpaired) electrons. The summed E-state index contributed by atoms with van der Waals surface area (Å²) in [6.07, 6.45) is 3.34. The Bertz CT molecular complexity index is 860. The topological polar surface area (TPSA) is 24.5 Å². The lowest BCUT2D eigenvalue weighted by Crippen LogP contribution is -2.69. The Labute approximate surface area is 154 Å². The molecule has 2 aromatic rings. The summed E-state index contributed by atoms with van der Waals surface area (Å²) in [5.74, 6) is 1.41. The van der Waals surface area contributed by atoms with Gasteiger partial charge in [0.1, 0.15) is 5.75 Å². The van der Waals surface area contributed by atoms with Crippen molar-refractivity contribution in [2.75, 3.05) is 4.90 Å². The number of anilines is 1. The number of hydrogen-bond donors (Lipinski definition) is 1. The Morgan fingerprint density at radius 3 is 2.68 bits per heavy atom. The molecular formula is C21H22N2OS. The van der Waals surface area contributed by atoms with Crippen LogP contribution in [-0.2, 0) is 0 Å². The minimum atomic E-state index is -0.363. The molecule has 128 valence electrons. The van der Waals surface area contributed by atoms with Crippen LogP contribution in [0.25, 0.3) is 0 Å². The molecule has 3 nitrogen and oxygen atoms in total. The van der Waals surface area contributed by atoms with E-state index in [1.54, 1.807) is 0 Å². The van der Waals surface area contributed by atoms with E-state index in [0.717, 1.165) is 23.7 Å². The highest BCUT2D eigenvalue weighted by atomic mass is 32.1. The molecule has 1 N–H and O–H groups in total. The number of rotatable bonds is 1. The van der Waals surface area contributed by atoms with Gasteiger partial charge in [0.25, 0.3) is 0 Å². The van der Waals surface area contributed by atoms with Gasteiger partial charge in [-0.05, 0) is 56.1 Å². The number of hydrogen-bond acceptors (Lipinski definition) is 2. The molecule has 0 aromatic heterocycles. The standard InChI is InChI=1S/C21H22N2OS/c1-13-7-5-8-14(2)19(13)23-20(25)22-18-15-9-3-4-11-17(15)24-21(23)12-6-10-16(18)21/h3-5,7-9,11,16,18H,6,10,12H2,1-2H3,(H,22,25)/t16-,18+,21-/m1/s1. The van der Waals surface area contributed by atoms with Gasteiger partial charge in [-0.25, -0.2) is 0 Å². The van der Waals surface area contributed by atoms with Crippen LogP contribution in [0.1, 0.15) is 42.0 Å². The Hall–Kier alpha value is -2.07. The fourth-order valence-electron chi connectivity index (χ4n) is 5.10. The maximum Gasteiger partial charge on any atom is 0.194 e. The molecule has 3 atom stereocenters. The van der Waals surface area contributed by atoms with Crippen molar-refractivity contribution < 1.29 is 4.74 Å². The number of thiocarbonyl (C=S) groups is 1. The van der Waals surface area contributed by atoms with Gasteiger partial charge in [0.2, 0.25) is 0 Å². The van der Waals surface area contributed by atoms with Gasteiger partial charge in [-0.1, -0.05) is 36.4 Å². The first-order valence-electron chi connectivity index (χ1n) is 9.07. The second kappa shape index (κ2) is 5.21. The van der Waals surface area contributed by atoms with E-state index >= 15 is 0 Å². The van der Waals surface area contributed by atoms with Crippen molar-refractivity contribution in [3.63, 3.8) is 0 Å². The number of fused-ring (bicyclic) bond motifs is 2. The first-order valence-corrected chi connectivity index (χ1v) is 9.47. The molecule has 4 heteroatoms. The molecule has 2 bridgehead atoms. The zero-order valence-electron chi connectivity index (χ0n) is 14.6. The highest BCUT2D eigenvalue weighted by Crippen LogP contribution is 2.56. The number of nitrogens with zero attached hydrogens (tertiary/aromatic N) is 1. The Morgan fingerprint density at radius 1 is 1.12 bits per heavy atom. The molecule has 25 heavy (non-hydrogen) atoms. The van der Waals surface area contributed by atoms with Crippen LogP contribution in [0.4, 0.5) is 5.69 Å². The Morgan fingerprint density at radius 2 is 1.88 bits per heavy atom. The molecule has 5 rings (SSSR count). The monoisotopic (exact) mass is 350 g/mol. The summed E-state index contributed by atoms with van der Waals surface area (Å²) in [5.41, 5.74) is 4.56. The van der Waals surface area contributed by atoms with Gasteiger partial charge in [-0.3, -0.25) is 4.90 Å². The van der Waals surface area contributed by atoms with Crippen LogP contribution in [0.3, 0.4) is 0 Å². The van der Waals surface area contributed by atoms with Crippen LogP contribution in [0.5, 0.6) is 5.75 Å². The SMILES string of the molecule is Cc1cccc(C)c1N1C(=S)N[C@H]2c3ccccc3O[C@@]13CCC[C@H]23. The van der Waals surface area contributed by atoms with E-state index in [1.165, 1.54) is 28.8 Å². The molecule has 2 heterocycles. The zero-order chi connectivity index (χ0) is 17.2. The van der Waals surface area contributed by atoms with Gasteiger partial charge in [-0.2, -0.15) is 0 Å². The van der Waals surface area contributed by atoms with Crippen molar-refractivity contribution in [1.82, 2.24) is 5.32 Å². The lowest BCUT2D eigenvalue weighted by molar-refractivity contribution is -0.00520.